The molecular weight excluding hydrogens is 593 g/mol. The Bertz CT molecular complexity index is 2020. The van der Waals surface area contributed by atoms with Crippen molar-refractivity contribution in [2.75, 3.05) is 7.11 Å². The van der Waals surface area contributed by atoms with E-state index in [1.807, 2.05) is 29.8 Å². The van der Waals surface area contributed by atoms with Gasteiger partial charge in [-0.1, -0.05) is 31.6 Å². The topological polar surface area (TPSA) is 95.0 Å². The second kappa shape index (κ2) is 9.05. The molecule has 6 rings (SSSR count). The number of hydrogen-bond acceptors (Lipinski definition) is 5. The summed E-state index contributed by atoms with van der Waals surface area (Å²) < 4.78 is 77.0. The van der Waals surface area contributed by atoms with Gasteiger partial charge in [-0.05, 0) is 62.6 Å². The maximum Gasteiger partial charge on any atom is 0.310 e. The van der Waals surface area contributed by atoms with Crippen molar-refractivity contribution in [3.05, 3.63) is 82.2 Å². The number of methoxy groups -OCH3 is 1. The summed E-state index contributed by atoms with van der Waals surface area (Å²) in [6, 6.07) is 7.21. The molecule has 15 heteroatoms. The van der Waals surface area contributed by atoms with Gasteiger partial charge in [0.2, 0.25) is 5.62 Å². The number of hydrogen-bond donors (Lipinski definition) is 1. The molecule has 0 bridgehead atoms. The van der Waals surface area contributed by atoms with E-state index in [0.29, 0.717) is 34.9 Å². The highest BCUT2D eigenvalue weighted by molar-refractivity contribution is 8.45. The van der Waals surface area contributed by atoms with E-state index in [-0.39, 0.29) is 22.7 Å². The van der Waals surface area contributed by atoms with Crippen LogP contribution in [0.15, 0.2) is 69.7 Å². The van der Waals surface area contributed by atoms with Crippen molar-refractivity contribution >= 4 is 21.4 Å². The Morgan fingerprint density at radius 3 is 2.37 bits per heavy atom. The van der Waals surface area contributed by atoms with Crippen molar-refractivity contribution in [1.29, 1.82) is 0 Å². The summed E-state index contributed by atoms with van der Waals surface area (Å²) in [5.41, 5.74) is 2.68. The van der Waals surface area contributed by atoms with E-state index >= 15 is 0 Å². The Morgan fingerprint density at radius 2 is 1.79 bits per heavy atom. The lowest BCUT2D eigenvalue weighted by Crippen LogP contribution is -2.42. The highest BCUT2D eigenvalue weighted by Crippen LogP contribution is 3.02. The van der Waals surface area contributed by atoms with Gasteiger partial charge in [-0.3, -0.25) is 13.9 Å². The number of imidazole rings is 2. The van der Waals surface area contributed by atoms with E-state index in [2.05, 4.69) is 15.0 Å². The minimum absolute atomic E-state index is 0.0111. The Hall–Kier alpha value is -4.40. The molecule has 5 aromatic rings. The van der Waals surface area contributed by atoms with Crippen molar-refractivity contribution in [2.24, 2.45) is 12.0 Å². The normalized spacial score (nSPS) is 16.7. The molecule has 2 aromatic carbocycles. The van der Waals surface area contributed by atoms with Crippen molar-refractivity contribution in [3.63, 3.8) is 0 Å². The number of aryl methyl sites for hydroxylation is 2. The Morgan fingerprint density at radius 1 is 1.09 bits per heavy atom. The van der Waals surface area contributed by atoms with Crippen LogP contribution in [0.25, 0.3) is 28.2 Å². The molecule has 1 unspecified atom stereocenters. The van der Waals surface area contributed by atoms with Crippen LogP contribution in [-0.4, -0.2) is 41.8 Å². The first-order valence-corrected chi connectivity index (χ1v) is 15.3. The van der Waals surface area contributed by atoms with E-state index in [9.17, 15) is 24.2 Å². The summed E-state index contributed by atoms with van der Waals surface area (Å²) in [5.74, 6) is 0.933. The Balaban J connectivity index is 1.48. The van der Waals surface area contributed by atoms with Gasteiger partial charge in [0.1, 0.15) is 22.1 Å². The molecule has 0 saturated heterocycles. The predicted octanol–water partition coefficient (Wildman–Crippen LogP) is 6.56. The number of nitrogens with zero attached hydrogens (tertiary/aromatic N) is 6. The average Bonchev–Trinajstić information content (AvgIpc) is 3.47. The van der Waals surface area contributed by atoms with Gasteiger partial charge in [0.25, 0.3) is 5.56 Å². The highest BCUT2D eigenvalue weighted by atomic mass is 32.5. The monoisotopic (exact) mass is 621 g/mol. The SMILES string of the molecule is COc1cc(-c2nc3c(=O)n(C(C)c4ccc(S(F)(F)(F)(F)F)cc4)/c(=N/C4CC4)n(C)c3[nH]2)ccc1-n1cnc(C)c1. The number of nitrogens with one attached hydrogen (secondary N) is 1. The van der Waals surface area contributed by atoms with Crippen LogP contribution in [0.5, 0.6) is 5.75 Å². The molecule has 0 amide bonds. The van der Waals surface area contributed by atoms with Gasteiger partial charge in [-0.25, -0.2) is 15.0 Å². The third-order valence-corrected chi connectivity index (χ3v) is 8.60. The van der Waals surface area contributed by atoms with Crippen LogP contribution in [0.4, 0.5) is 19.4 Å². The molecule has 9 nitrogen and oxygen atoms in total. The van der Waals surface area contributed by atoms with Crippen LogP contribution in [-0.2, 0) is 7.05 Å². The van der Waals surface area contributed by atoms with Gasteiger partial charge in [-0.15, -0.1) is 0 Å². The number of H-pyrrole nitrogens is 1. The largest absolute Gasteiger partial charge is 0.495 e. The first kappa shape index (κ1) is 28.7. The molecule has 1 saturated carbocycles. The maximum atomic E-state index is 13.9. The second-order valence-electron chi connectivity index (χ2n) is 10.7. The van der Waals surface area contributed by atoms with Gasteiger partial charge in [0.05, 0.1) is 36.9 Å². The number of ether oxygens (including phenoxy) is 1. The molecule has 1 aliphatic carbocycles. The van der Waals surface area contributed by atoms with Gasteiger partial charge < -0.3 is 14.3 Å². The zero-order valence-electron chi connectivity index (χ0n) is 23.6. The fourth-order valence-corrected chi connectivity index (χ4v) is 5.62. The fourth-order valence-electron chi connectivity index (χ4n) is 4.97. The molecule has 43 heavy (non-hydrogen) atoms. The van der Waals surface area contributed by atoms with E-state index < -0.39 is 26.7 Å². The first-order valence-electron chi connectivity index (χ1n) is 13.3. The lowest BCUT2D eigenvalue weighted by Gasteiger charge is -2.40. The molecule has 1 N–H and O–H groups in total. The van der Waals surface area contributed by atoms with Gasteiger partial charge in [0.15, 0.2) is 5.52 Å². The molecule has 3 heterocycles. The Kier molecular flexibility index (Phi) is 6.04. The lowest BCUT2D eigenvalue weighted by molar-refractivity contribution is 0.364. The van der Waals surface area contributed by atoms with E-state index in [1.165, 1.54) is 4.57 Å². The molecular formula is C28H28F5N7O2S. The summed E-state index contributed by atoms with van der Waals surface area (Å²) in [6.07, 6.45) is 5.19. The number of aromatic nitrogens is 6. The highest BCUT2D eigenvalue weighted by Gasteiger charge is 2.65. The predicted molar refractivity (Wildman–Crippen MR) is 153 cm³/mol. The minimum Gasteiger partial charge on any atom is -0.495 e. The van der Waals surface area contributed by atoms with Crippen LogP contribution in [0.1, 0.15) is 37.1 Å². The van der Waals surface area contributed by atoms with Crippen molar-refractivity contribution in [3.8, 4) is 22.8 Å². The molecule has 1 atom stereocenters. The second-order valence-corrected chi connectivity index (χ2v) is 13.1. The molecule has 1 fully saturated rings. The van der Waals surface area contributed by atoms with Gasteiger partial charge >= 0.3 is 10.2 Å². The molecule has 228 valence electrons. The molecule has 0 spiro atoms. The number of aromatic amines is 1. The van der Waals surface area contributed by atoms with E-state index in [4.69, 9.17) is 9.73 Å². The zero-order chi connectivity index (χ0) is 31.0. The summed E-state index contributed by atoms with van der Waals surface area (Å²) in [6.45, 7) is 3.48. The quantitative estimate of drug-likeness (QED) is 0.208. The lowest BCUT2D eigenvalue weighted by atomic mass is 10.1. The first-order chi connectivity index (χ1) is 20.0. The molecule has 1 aliphatic rings. The molecule has 3 aromatic heterocycles. The van der Waals surface area contributed by atoms with Crippen LogP contribution < -0.4 is 15.9 Å². The van der Waals surface area contributed by atoms with Crippen molar-refractivity contribution < 1.29 is 24.2 Å². The summed E-state index contributed by atoms with van der Waals surface area (Å²) in [5, 5.41) is 0. The standard InChI is InChI=1S/C28H28F5N7O2S/c1-16-14-39(15-34-16)22-12-7-19(13-23(22)42-4)25-36-24-26(37-25)38(3)28(35-20-8-9-20)40(27(24)41)17(2)18-5-10-21(11-6-18)43(29,30,31,32)33/h5-7,10-15,17,20H,8-9H2,1-4H3,(H,36,37)/b35-28+. The number of halogens is 5. The van der Waals surface area contributed by atoms with Crippen LogP contribution >= 0.6 is 10.2 Å². The number of benzene rings is 2. The number of rotatable bonds is 7. The van der Waals surface area contributed by atoms with Crippen LogP contribution in [0.2, 0.25) is 0 Å². The minimum atomic E-state index is -9.84. The maximum absolute atomic E-state index is 13.9. The third-order valence-electron chi connectivity index (χ3n) is 7.44. The van der Waals surface area contributed by atoms with Crippen molar-refractivity contribution in [1.82, 2.24) is 28.7 Å². The van der Waals surface area contributed by atoms with Crippen molar-refractivity contribution in [2.45, 2.75) is 43.7 Å². The van der Waals surface area contributed by atoms with Crippen LogP contribution in [0, 0.1) is 6.92 Å². The van der Waals surface area contributed by atoms with E-state index in [0.717, 1.165) is 36.4 Å². The smallest absolute Gasteiger partial charge is 0.310 e. The molecule has 0 aliphatic heterocycles. The summed E-state index contributed by atoms with van der Waals surface area (Å²) >= 11 is 0. The fraction of sp³-hybridized carbons (Fsp3) is 0.286. The van der Waals surface area contributed by atoms with Gasteiger partial charge in [0, 0.05) is 18.8 Å². The summed E-state index contributed by atoms with van der Waals surface area (Å²) in [7, 11) is -6.60. The molecule has 0 radical (unpaired) electrons. The average molecular weight is 622 g/mol. The van der Waals surface area contributed by atoms with Gasteiger partial charge in [-0.2, -0.15) is 0 Å². The number of fused-ring (bicyclic) bond motifs is 1. The third kappa shape index (κ3) is 5.32. The van der Waals surface area contributed by atoms with Crippen LogP contribution in [0.3, 0.4) is 0 Å². The Labute approximate surface area is 242 Å². The van der Waals surface area contributed by atoms with E-state index in [1.54, 1.807) is 38.0 Å². The summed E-state index contributed by atoms with van der Waals surface area (Å²) in [4.78, 5) is 28.7. The zero-order valence-corrected chi connectivity index (χ0v) is 24.4.